The largest absolute Gasteiger partial charge is 0.484 e. The van der Waals surface area contributed by atoms with Crippen LogP contribution in [0.25, 0.3) is 0 Å². The summed E-state index contributed by atoms with van der Waals surface area (Å²) in [5, 5.41) is 10.1. The molecule has 1 saturated heterocycles. The minimum Gasteiger partial charge on any atom is -0.484 e. The molecular formula is C28H29N3O9S. The molecule has 13 heteroatoms. The summed E-state index contributed by atoms with van der Waals surface area (Å²) in [5.41, 5.74) is 0.118. The lowest BCUT2D eigenvalue weighted by Crippen LogP contribution is -2.72. The molecule has 0 aliphatic carbocycles. The number of thioether (sulfide) groups is 1. The molecule has 0 aromatic heterocycles. The second-order valence-corrected chi connectivity index (χ2v) is 11.4. The van der Waals surface area contributed by atoms with Crippen molar-refractivity contribution in [2.45, 2.75) is 51.3 Å². The minimum absolute atomic E-state index is 0.0361. The summed E-state index contributed by atoms with van der Waals surface area (Å²) in [6.45, 7) is 5.94. The molecule has 41 heavy (non-hydrogen) atoms. The third-order valence-electron chi connectivity index (χ3n) is 6.08. The zero-order valence-electron chi connectivity index (χ0n) is 22.9. The Balaban J connectivity index is 1.50. The number of nitrogens with zero attached hydrogens (tertiary/aromatic N) is 3. The van der Waals surface area contributed by atoms with E-state index in [0.29, 0.717) is 22.6 Å². The van der Waals surface area contributed by atoms with Crippen LogP contribution in [0.1, 0.15) is 33.3 Å². The molecule has 12 nitrogen and oxygen atoms in total. The molecule has 216 valence electrons. The number of carbonyl (C=O) groups excluding carboxylic acids is 4. The normalized spacial score (nSPS) is 18.1. The second kappa shape index (κ2) is 12.0. The zero-order valence-corrected chi connectivity index (χ0v) is 23.7. The molecule has 2 aromatic rings. The van der Waals surface area contributed by atoms with E-state index in [1.165, 1.54) is 40.9 Å². The molecule has 0 radical (unpaired) electrons. The Bertz CT molecular complexity index is 1390. The third-order valence-corrected chi connectivity index (χ3v) is 7.49. The summed E-state index contributed by atoms with van der Waals surface area (Å²) in [7, 11) is 0. The van der Waals surface area contributed by atoms with Gasteiger partial charge in [-0.1, -0.05) is 18.2 Å². The first-order valence-corrected chi connectivity index (χ1v) is 13.7. The summed E-state index contributed by atoms with van der Waals surface area (Å²) in [6, 6.07) is 12.9. The average Bonchev–Trinajstić information content (AvgIpc) is 2.92. The highest BCUT2D eigenvalue weighted by atomic mass is 32.2. The lowest BCUT2D eigenvalue weighted by molar-refractivity contribution is -0.384. The Morgan fingerprint density at radius 2 is 1.76 bits per heavy atom. The van der Waals surface area contributed by atoms with E-state index in [-0.39, 0.29) is 18.0 Å². The molecule has 0 saturated carbocycles. The van der Waals surface area contributed by atoms with Gasteiger partial charge in [0.2, 0.25) is 0 Å². The smallest absolute Gasteiger partial charge is 0.418 e. The Labute approximate surface area is 240 Å². The van der Waals surface area contributed by atoms with E-state index in [1.807, 2.05) is 0 Å². The lowest BCUT2D eigenvalue weighted by Gasteiger charge is -2.51. The van der Waals surface area contributed by atoms with Crippen LogP contribution in [-0.4, -0.2) is 68.0 Å². The van der Waals surface area contributed by atoms with E-state index in [2.05, 4.69) is 0 Å². The van der Waals surface area contributed by atoms with E-state index < -0.39 is 52.4 Å². The molecular weight excluding hydrogens is 554 g/mol. The molecule has 0 N–H and O–H groups in total. The summed E-state index contributed by atoms with van der Waals surface area (Å²) < 4.78 is 16.4. The summed E-state index contributed by atoms with van der Waals surface area (Å²) in [5.74, 6) is -1.40. The summed E-state index contributed by atoms with van der Waals surface area (Å²) >= 11 is 1.30. The molecule has 0 unspecified atom stereocenters. The number of non-ortho nitro benzene ring substituents is 1. The van der Waals surface area contributed by atoms with Crippen LogP contribution in [0.15, 0.2) is 65.9 Å². The van der Waals surface area contributed by atoms with Crippen LogP contribution < -0.4 is 4.74 Å². The van der Waals surface area contributed by atoms with Crippen molar-refractivity contribution >= 4 is 41.3 Å². The molecule has 1 fully saturated rings. The Kier molecular flexibility index (Phi) is 8.66. The minimum atomic E-state index is -1.22. The van der Waals surface area contributed by atoms with E-state index in [0.717, 1.165) is 4.90 Å². The molecule has 2 aliphatic heterocycles. The van der Waals surface area contributed by atoms with Gasteiger partial charge in [-0.2, -0.15) is 0 Å². The summed E-state index contributed by atoms with van der Waals surface area (Å²) in [4.78, 5) is 65.4. The highest BCUT2D eigenvalue weighted by molar-refractivity contribution is 8.00. The van der Waals surface area contributed by atoms with Crippen molar-refractivity contribution in [2.24, 2.45) is 0 Å². The van der Waals surface area contributed by atoms with Crippen molar-refractivity contribution < 1.29 is 38.3 Å². The highest BCUT2D eigenvalue weighted by Crippen LogP contribution is 2.43. The molecule has 2 aliphatic rings. The van der Waals surface area contributed by atoms with E-state index in [1.54, 1.807) is 58.0 Å². The number of β-lactam (4-membered cyclic amide) rings is 1. The first-order valence-electron chi connectivity index (χ1n) is 12.6. The van der Waals surface area contributed by atoms with E-state index in [9.17, 15) is 29.3 Å². The first-order chi connectivity index (χ1) is 19.4. The third kappa shape index (κ3) is 6.68. The van der Waals surface area contributed by atoms with Crippen molar-refractivity contribution in [1.82, 2.24) is 9.80 Å². The van der Waals surface area contributed by atoms with Crippen molar-refractivity contribution in [2.75, 3.05) is 12.4 Å². The van der Waals surface area contributed by atoms with Crippen molar-refractivity contribution in [1.29, 1.82) is 0 Å². The Hall–Kier alpha value is -4.39. The van der Waals surface area contributed by atoms with Gasteiger partial charge in [-0.25, -0.2) is 14.5 Å². The molecule has 3 amide bonds. The van der Waals surface area contributed by atoms with Gasteiger partial charge >= 0.3 is 12.1 Å². The molecule has 2 atom stereocenters. The van der Waals surface area contributed by atoms with Crippen LogP contribution in [0.5, 0.6) is 5.75 Å². The van der Waals surface area contributed by atoms with Gasteiger partial charge in [0.1, 0.15) is 29.0 Å². The molecule has 4 rings (SSSR count). The maximum absolute atomic E-state index is 13.5. The van der Waals surface area contributed by atoms with Crippen LogP contribution in [0.2, 0.25) is 0 Å². The number of benzene rings is 2. The fraction of sp³-hybridized carbons (Fsp3) is 0.357. The van der Waals surface area contributed by atoms with Crippen LogP contribution in [-0.2, 0) is 30.5 Å². The number of carbonyl (C=O) groups is 4. The number of imide groups is 1. The monoisotopic (exact) mass is 583 g/mol. The van der Waals surface area contributed by atoms with E-state index >= 15 is 0 Å². The fourth-order valence-corrected chi connectivity index (χ4v) is 5.53. The first kappa shape index (κ1) is 29.6. The topological polar surface area (TPSA) is 146 Å². The molecule has 2 aromatic carbocycles. The van der Waals surface area contributed by atoms with Crippen LogP contribution >= 0.6 is 11.8 Å². The fourth-order valence-electron chi connectivity index (χ4n) is 4.19. The van der Waals surface area contributed by atoms with Crippen LogP contribution in [0, 0.1) is 10.1 Å². The number of nitro benzene ring substituents is 1. The predicted molar refractivity (Wildman–Crippen MR) is 147 cm³/mol. The SMILES string of the molecule is CC1=C(C(=O)OCc2ccc([N+](=O)[O-])cc2)N2C(=O)[C@@H](N(C(=O)COc3ccccc3)C(=O)OC(C)(C)C)[C@H]2SC1. The number of rotatable bonds is 8. The Morgan fingerprint density at radius 3 is 2.37 bits per heavy atom. The highest BCUT2D eigenvalue weighted by Gasteiger charge is 2.59. The maximum atomic E-state index is 13.5. The number of ether oxygens (including phenoxy) is 3. The quantitative estimate of drug-likeness (QED) is 0.193. The van der Waals surface area contributed by atoms with Gasteiger partial charge in [-0.15, -0.1) is 11.8 Å². The molecule has 0 bridgehead atoms. The van der Waals surface area contributed by atoms with Crippen molar-refractivity contribution in [3.05, 3.63) is 81.5 Å². The van der Waals surface area contributed by atoms with Gasteiger partial charge in [0.15, 0.2) is 12.6 Å². The van der Waals surface area contributed by atoms with Gasteiger partial charge < -0.3 is 14.2 Å². The van der Waals surface area contributed by atoms with Gasteiger partial charge in [-0.05, 0) is 63.1 Å². The number of para-hydroxylation sites is 1. The van der Waals surface area contributed by atoms with E-state index in [4.69, 9.17) is 14.2 Å². The predicted octanol–water partition coefficient (Wildman–Crippen LogP) is 4.04. The zero-order chi connectivity index (χ0) is 29.9. The number of amides is 3. The van der Waals surface area contributed by atoms with Gasteiger partial charge in [0.25, 0.3) is 17.5 Å². The maximum Gasteiger partial charge on any atom is 0.418 e. The van der Waals surface area contributed by atoms with Gasteiger partial charge in [-0.3, -0.25) is 24.6 Å². The van der Waals surface area contributed by atoms with Crippen molar-refractivity contribution in [3.8, 4) is 5.75 Å². The van der Waals surface area contributed by atoms with Crippen LogP contribution in [0.3, 0.4) is 0 Å². The van der Waals surface area contributed by atoms with Gasteiger partial charge in [0.05, 0.1) is 4.92 Å². The molecule has 2 heterocycles. The van der Waals surface area contributed by atoms with Gasteiger partial charge in [0, 0.05) is 17.9 Å². The summed E-state index contributed by atoms with van der Waals surface area (Å²) in [6.07, 6.45) is -0.994. The molecule has 0 spiro atoms. The lowest BCUT2D eigenvalue weighted by atomic mass is 10.0. The number of hydrogen-bond donors (Lipinski definition) is 0. The Morgan fingerprint density at radius 1 is 1.10 bits per heavy atom. The van der Waals surface area contributed by atoms with Crippen molar-refractivity contribution in [3.63, 3.8) is 0 Å². The average molecular weight is 584 g/mol. The number of nitro groups is 1. The van der Waals surface area contributed by atoms with Crippen LogP contribution in [0.4, 0.5) is 10.5 Å². The second-order valence-electron chi connectivity index (χ2n) is 10.3. The standard InChI is InChI=1S/C28H29N3O9S/c1-17-16-41-25-23(29(27(35)40-28(2,3)4)21(32)15-38-20-8-6-5-7-9-20)24(33)30(25)22(17)26(34)39-14-18-10-12-19(13-11-18)31(36)37/h5-13,23,25H,14-16H2,1-4H3/t23-,25-/m1/s1. The number of hydrogen-bond acceptors (Lipinski definition) is 10. The number of fused-ring (bicyclic) bond motifs is 1. The number of esters is 1.